The smallest absolute Gasteiger partial charge is 0.255 e. The Bertz CT molecular complexity index is 783. The Balaban J connectivity index is 1.88. The van der Waals surface area contributed by atoms with Crippen molar-refractivity contribution in [1.29, 1.82) is 0 Å². The van der Waals surface area contributed by atoms with Crippen LogP contribution in [0.5, 0.6) is 5.75 Å². The van der Waals surface area contributed by atoms with Crippen molar-refractivity contribution in [2.24, 2.45) is 0 Å². The Morgan fingerprint density at radius 3 is 2.14 bits per heavy atom. The molecule has 0 aliphatic carbocycles. The average molecular weight is 289 g/mol. The van der Waals surface area contributed by atoms with Gasteiger partial charge in [0.25, 0.3) is 5.91 Å². The fourth-order valence-corrected chi connectivity index (χ4v) is 2.26. The Hall–Kier alpha value is -3.07. The van der Waals surface area contributed by atoms with Crippen LogP contribution in [0.1, 0.15) is 10.4 Å². The lowest BCUT2D eigenvalue weighted by Gasteiger charge is -2.09. The lowest BCUT2D eigenvalue weighted by Crippen LogP contribution is -2.11. The van der Waals surface area contributed by atoms with Gasteiger partial charge in [-0.1, -0.05) is 48.5 Å². The van der Waals surface area contributed by atoms with Crippen molar-refractivity contribution in [2.75, 3.05) is 5.32 Å². The quantitative estimate of drug-likeness (QED) is 0.706. The molecule has 0 saturated carbocycles. The van der Waals surface area contributed by atoms with Crippen molar-refractivity contribution < 1.29 is 9.90 Å². The SMILES string of the molecule is O=C(Nc1ccc(O)c(-c2ccccc2)c1)c1ccccc1. The molecule has 108 valence electrons. The maximum absolute atomic E-state index is 12.2. The maximum Gasteiger partial charge on any atom is 0.255 e. The molecule has 0 heterocycles. The number of hydrogen-bond donors (Lipinski definition) is 2. The predicted molar refractivity (Wildman–Crippen MR) is 87.9 cm³/mol. The van der Waals surface area contributed by atoms with Crippen LogP contribution in [-0.4, -0.2) is 11.0 Å². The fourth-order valence-electron chi connectivity index (χ4n) is 2.26. The van der Waals surface area contributed by atoms with Gasteiger partial charge in [0.15, 0.2) is 0 Å². The van der Waals surface area contributed by atoms with Crippen molar-refractivity contribution in [3.63, 3.8) is 0 Å². The highest BCUT2D eigenvalue weighted by atomic mass is 16.3. The maximum atomic E-state index is 12.2. The third-order valence-electron chi connectivity index (χ3n) is 3.38. The normalized spacial score (nSPS) is 10.2. The summed E-state index contributed by atoms with van der Waals surface area (Å²) in [6, 6.07) is 23.6. The first-order valence-corrected chi connectivity index (χ1v) is 6.99. The third-order valence-corrected chi connectivity index (χ3v) is 3.38. The molecule has 2 N–H and O–H groups in total. The topological polar surface area (TPSA) is 49.3 Å². The highest BCUT2D eigenvalue weighted by Gasteiger charge is 2.09. The molecular formula is C19H15NO2. The monoisotopic (exact) mass is 289 g/mol. The minimum atomic E-state index is -0.176. The molecular weight excluding hydrogens is 274 g/mol. The number of phenols is 1. The molecule has 0 atom stereocenters. The molecule has 3 heteroatoms. The second kappa shape index (κ2) is 6.14. The highest BCUT2D eigenvalue weighted by molar-refractivity contribution is 6.04. The lowest BCUT2D eigenvalue weighted by atomic mass is 10.0. The molecule has 0 saturated heterocycles. The number of amides is 1. The molecule has 0 aliphatic rings. The van der Waals surface area contributed by atoms with Crippen molar-refractivity contribution in [2.45, 2.75) is 0 Å². The Kier molecular flexibility index (Phi) is 3.88. The first-order chi connectivity index (χ1) is 10.7. The van der Waals surface area contributed by atoms with Crippen molar-refractivity contribution >= 4 is 11.6 Å². The van der Waals surface area contributed by atoms with E-state index >= 15 is 0 Å². The molecule has 3 aromatic rings. The number of rotatable bonds is 3. The Morgan fingerprint density at radius 2 is 1.45 bits per heavy atom. The van der Waals surface area contributed by atoms with Crippen molar-refractivity contribution in [1.82, 2.24) is 0 Å². The fraction of sp³-hybridized carbons (Fsp3) is 0. The second-order valence-corrected chi connectivity index (χ2v) is 4.92. The number of phenolic OH excluding ortho intramolecular Hbond substituents is 1. The number of hydrogen-bond acceptors (Lipinski definition) is 2. The van der Waals surface area contributed by atoms with Gasteiger partial charge in [-0.2, -0.15) is 0 Å². The molecule has 0 aromatic heterocycles. The van der Waals surface area contributed by atoms with E-state index in [0.717, 1.165) is 5.56 Å². The van der Waals surface area contributed by atoms with Gasteiger partial charge in [-0.25, -0.2) is 0 Å². The summed E-state index contributed by atoms with van der Waals surface area (Å²) in [5, 5.41) is 12.9. The zero-order valence-corrected chi connectivity index (χ0v) is 11.9. The molecule has 3 rings (SSSR count). The summed E-state index contributed by atoms with van der Waals surface area (Å²) in [4.78, 5) is 12.2. The van der Waals surface area contributed by atoms with E-state index in [1.165, 1.54) is 0 Å². The minimum Gasteiger partial charge on any atom is -0.507 e. The van der Waals surface area contributed by atoms with E-state index < -0.39 is 0 Å². The van der Waals surface area contributed by atoms with Crippen LogP contribution in [-0.2, 0) is 0 Å². The van der Waals surface area contributed by atoms with Gasteiger partial charge in [0.05, 0.1) is 0 Å². The van der Waals surface area contributed by atoms with E-state index in [1.807, 2.05) is 48.5 Å². The van der Waals surface area contributed by atoms with E-state index in [0.29, 0.717) is 16.8 Å². The molecule has 0 spiro atoms. The number of aromatic hydroxyl groups is 1. The van der Waals surface area contributed by atoms with Crippen LogP contribution in [0, 0.1) is 0 Å². The highest BCUT2D eigenvalue weighted by Crippen LogP contribution is 2.31. The molecule has 0 radical (unpaired) electrons. The van der Waals surface area contributed by atoms with Crippen LogP contribution >= 0.6 is 0 Å². The lowest BCUT2D eigenvalue weighted by molar-refractivity contribution is 0.102. The van der Waals surface area contributed by atoms with Crippen LogP contribution in [0.25, 0.3) is 11.1 Å². The van der Waals surface area contributed by atoms with E-state index in [2.05, 4.69) is 5.32 Å². The number of benzene rings is 3. The van der Waals surface area contributed by atoms with Gasteiger partial charge in [-0.05, 0) is 35.9 Å². The largest absolute Gasteiger partial charge is 0.507 e. The summed E-state index contributed by atoms with van der Waals surface area (Å²) in [6.07, 6.45) is 0. The second-order valence-electron chi connectivity index (χ2n) is 4.92. The summed E-state index contributed by atoms with van der Waals surface area (Å²) in [5.41, 5.74) is 2.82. The number of anilines is 1. The number of nitrogens with one attached hydrogen (secondary N) is 1. The van der Waals surface area contributed by atoms with Crippen LogP contribution < -0.4 is 5.32 Å². The van der Waals surface area contributed by atoms with E-state index in [9.17, 15) is 9.90 Å². The third kappa shape index (κ3) is 2.99. The predicted octanol–water partition coefficient (Wildman–Crippen LogP) is 4.31. The van der Waals surface area contributed by atoms with Crippen LogP contribution in [0.4, 0.5) is 5.69 Å². The zero-order valence-electron chi connectivity index (χ0n) is 11.9. The van der Waals surface area contributed by atoms with Crippen LogP contribution in [0.2, 0.25) is 0 Å². The van der Waals surface area contributed by atoms with E-state index in [1.54, 1.807) is 30.3 Å². The van der Waals surface area contributed by atoms with Crippen molar-refractivity contribution in [3.05, 3.63) is 84.4 Å². The molecule has 22 heavy (non-hydrogen) atoms. The van der Waals surface area contributed by atoms with E-state index in [4.69, 9.17) is 0 Å². The summed E-state index contributed by atoms with van der Waals surface area (Å²) in [5.74, 6) is 0.00853. The summed E-state index contributed by atoms with van der Waals surface area (Å²) in [6.45, 7) is 0. The van der Waals surface area contributed by atoms with Gasteiger partial charge in [-0.3, -0.25) is 4.79 Å². The van der Waals surface area contributed by atoms with E-state index in [-0.39, 0.29) is 11.7 Å². The molecule has 3 nitrogen and oxygen atoms in total. The van der Waals surface area contributed by atoms with Crippen LogP contribution in [0.3, 0.4) is 0 Å². The standard InChI is InChI=1S/C19H15NO2/c21-18-12-11-16(13-17(18)14-7-3-1-4-8-14)20-19(22)15-9-5-2-6-10-15/h1-13,21H,(H,20,22). The first-order valence-electron chi connectivity index (χ1n) is 6.99. The van der Waals surface area contributed by atoms with Gasteiger partial charge in [0, 0.05) is 16.8 Å². The number of carbonyl (C=O) groups is 1. The Labute approximate surface area is 128 Å². The van der Waals surface area contributed by atoms with Gasteiger partial charge in [-0.15, -0.1) is 0 Å². The average Bonchev–Trinajstić information content (AvgIpc) is 2.58. The van der Waals surface area contributed by atoms with Gasteiger partial charge in [0.1, 0.15) is 5.75 Å². The number of carbonyl (C=O) groups excluding carboxylic acids is 1. The molecule has 3 aromatic carbocycles. The summed E-state index contributed by atoms with van der Waals surface area (Å²) >= 11 is 0. The summed E-state index contributed by atoms with van der Waals surface area (Å²) < 4.78 is 0. The molecule has 0 bridgehead atoms. The van der Waals surface area contributed by atoms with Gasteiger partial charge < -0.3 is 10.4 Å². The van der Waals surface area contributed by atoms with Crippen molar-refractivity contribution in [3.8, 4) is 16.9 Å². The molecule has 0 fully saturated rings. The summed E-state index contributed by atoms with van der Waals surface area (Å²) in [7, 11) is 0. The van der Waals surface area contributed by atoms with Gasteiger partial charge >= 0.3 is 0 Å². The molecule has 0 unspecified atom stereocenters. The molecule has 0 aliphatic heterocycles. The molecule has 1 amide bonds. The van der Waals surface area contributed by atoms with Crippen LogP contribution in [0.15, 0.2) is 78.9 Å². The first kappa shape index (κ1) is 13.9. The zero-order chi connectivity index (χ0) is 15.4. The Morgan fingerprint density at radius 1 is 0.818 bits per heavy atom. The van der Waals surface area contributed by atoms with Gasteiger partial charge in [0.2, 0.25) is 0 Å². The minimum absolute atomic E-state index is 0.176.